The molecule has 2 rings (SSSR count). The van der Waals surface area contributed by atoms with Crippen LogP contribution >= 0.6 is 0 Å². The molecule has 0 aliphatic rings. The maximum absolute atomic E-state index is 5.81. The van der Waals surface area contributed by atoms with Gasteiger partial charge in [-0.25, -0.2) is 9.97 Å². The number of aromatic nitrogens is 2. The Labute approximate surface area is 131 Å². The zero-order valence-electron chi connectivity index (χ0n) is 13.3. The molecule has 0 unspecified atom stereocenters. The van der Waals surface area contributed by atoms with Gasteiger partial charge in [-0.05, 0) is 32.9 Å². The van der Waals surface area contributed by atoms with Crippen LogP contribution in [0.1, 0.15) is 19.7 Å². The second-order valence-corrected chi connectivity index (χ2v) is 5.14. The van der Waals surface area contributed by atoms with E-state index >= 15 is 0 Å². The van der Waals surface area contributed by atoms with Crippen LogP contribution in [0.3, 0.4) is 0 Å². The fourth-order valence-electron chi connectivity index (χ4n) is 1.96. The van der Waals surface area contributed by atoms with Crippen LogP contribution in [0.15, 0.2) is 43.0 Å². The molecule has 0 fully saturated rings. The molecular formula is C17H22N4O. The van der Waals surface area contributed by atoms with Gasteiger partial charge in [0.25, 0.3) is 0 Å². The van der Waals surface area contributed by atoms with Crippen molar-refractivity contribution >= 4 is 17.3 Å². The summed E-state index contributed by atoms with van der Waals surface area (Å²) in [5, 5.41) is 6.46. The summed E-state index contributed by atoms with van der Waals surface area (Å²) in [7, 11) is 0. The summed E-state index contributed by atoms with van der Waals surface area (Å²) in [6.45, 7) is 10.2. The first kappa shape index (κ1) is 15.8. The van der Waals surface area contributed by atoms with Crippen LogP contribution in [0.25, 0.3) is 0 Å². The number of anilines is 3. The Bertz CT molecular complexity index is 640. The molecule has 22 heavy (non-hydrogen) atoms. The number of ether oxygens (including phenoxy) is 1. The van der Waals surface area contributed by atoms with Crippen LogP contribution in [0, 0.1) is 6.92 Å². The molecule has 116 valence electrons. The van der Waals surface area contributed by atoms with E-state index in [4.69, 9.17) is 4.74 Å². The van der Waals surface area contributed by atoms with Gasteiger partial charge in [-0.3, -0.25) is 0 Å². The Morgan fingerprint density at radius 2 is 1.95 bits per heavy atom. The van der Waals surface area contributed by atoms with Gasteiger partial charge in [0.1, 0.15) is 23.2 Å². The summed E-state index contributed by atoms with van der Waals surface area (Å²) in [6.07, 6.45) is 1.90. The number of benzene rings is 1. The quantitative estimate of drug-likeness (QED) is 0.759. The van der Waals surface area contributed by atoms with Crippen LogP contribution in [-0.2, 0) is 0 Å². The van der Waals surface area contributed by atoms with E-state index in [1.54, 1.807) is 6.08 Å². The molecule has 1 heterocycles. The van der Waals surface area contributed by atoms with E-state index < -0.39 is 0 Å². The molecular weight excluding hydrogens is 276 g/mol. The van der Waals surface area contributed by atoms with Gasteiger partial charge in [0, 0.05) is 12.6 Å². The number of rotatable bonds is 7. The number of aryl methyl sites for hydroxylation is 1. The first-order chi connectivity index (χ1) is 10.6. The zero-order valence-corrected chi connectivity index (χ0v) is 13.3. The van der Waals surface area contributed by atoms with Crippen molar-refractivity contribution in [2.45, 2.75) is 26.9 Å². The number of para-hydroxylation sites is 2. The SMILES string of the molecule is C=CCNc1cc(Nc2ccccc2OC(C)C)nc(C)n1. The Balaban J connectivity index is 2.23. The summed E-state index contributed by atoms with van der Waals surface area (Å²) in [5.41, 5.74) is 0.879. The minimum absolute atomic E-state index is 0.111. The summed E-state index contributed by atoms with van der Waals surface area (Å²) < 4.78 is 5.81. The maximum atomic E-state index is 5.81. The van der Waals surface area contributed by atoms with Gasteiger partial charge in [0.15, 0.2) is 0 Å². The largest absolute Gasteiger partial charge is 0.489 e. The number of hydrogen-bond donors (Lipinski definition) is 2. The lowest BCUT2D eigenvalue weighted by Gasteiger charge is -2.15. The van der Waals surface area contributed by atoms with Crippen molar-refractivity contribution in [3.63, 3.8) is 0 Å². The fourth-order valence-corrected chi connectivity index (χ4v) is 1.96. The van der Waals surface area contributed by atoms with E-state index in [9.17, 15) is 0 Å². The number of hydrogen-bond acceptors (Lipinski definition) is 5. The first-order valence-corrected chi connectivity index (χ1v) is 7.31. The van der Waals surface area contributed by atoms with Gasteiger partial charge >= 0.3 is 0 Å². The van der Waals surface area contributed by atoms with Gasteiger partial charge in [0.05, 0.1) is 11.8 Å². The highest BCUT2D eigenvalue weighted by Gasteiger charge is 2.07. The fraction of sp³-hybridized carbons (Fsp3) is 0.294. The van der Waals surface area contributed by atoms with Crippen molar-refractivity contribution in [1.29, 1.82) is 0 Å². The number of nitrogens with one attached hydrogen (secondary N) is 2. The van der Waals surface area contributed by atoms with Gasteiger partial charge in [-0.2, -0.15) is 0 Å². The molecule has 2 N–H and O–H groups in total. The van der Waals surface area contributed by atoms with E-state index in [2.05, 4.69) is 27.2 Å². The minimum Gasteiger partial charge on any atom is -0.489 e. The molecule has 0 saturated heterocycles. The second kappa shape index (κ2) is 7.45. The summed E-state index contributed by atoms with van der Waals surface area (Å²) >= 11 is 0. The topological polar surface area (TPSA) is 59.1 Å². The molecule has 5 nitrogen and oxygen atoms in total. The van der Waals surface area contributed by atoms with Gasteiger partial charge in [-0.15, -0.1) is 6.58 Å². The average Bonchev–Trinajstić information content (AvgIpc) is 2.46. The lowest BCUT2D eigenvalue weighted by atomic mass is 10.3. The molecule has 5 heteroatoms. The van der Waals surface area contributed by atoms with Crippen molar-refractivity contribution in [3.8, 4) is 5.75 Å². The maximum Gasteiger partial charge on any atom is 0.143 e. The predicted octanol–water partition coefficient (Wildman–Crippen LogP) is 3.91. The van der Waals surface area contributed by atoms with E-state index in [0.717, 1.165) is 23.1 Å². The molecule has 0 bridgehead atoms. The van der Waals surface area contributed by atoms with E-state index in [1.165, 1.54) is 0 Å². The zero-order chi connectivity index (χ0) is 15.9. The molecule has 0 aliphatic heterocycles. The van der Waals surface area contributed by atoms with Gasteiger partial charge in [-0.1, -0.05) is 18.2 Å². The van der Waals surface area contributed by atoms with Crippen molar-refractivity contribution < 1.29 is 4.74 Å². The monoisotopic (exact) mass is 298 g/mol. The lowest BCUT2D eigenvalue weighted by Crippen LogP contribution is -2.08. The smallest absolute Gasteiger partial charge is 0.143 e. The van der Waals surface area contributed by atoms with Crippen molar-refractivity contribution in [2.24, 2.45) is 0 Å². The van der Waals surface area contributed by atoms with Gasteiger partial charge in [0.2, 0.25) is 0 Å². The Morgan fingerprint density at radius 1 is 1.23 bits per heavy atom. The molecule has 0 spiro atoms. The van der Waals surface area contributed by atoms with E-state index in [0.29, 0.717) is 12.4 Å². The summed E-state index contributed by atoms with van der Waals surface area (Å²) in [4.78, 5) is 8.76. The van der Waals surface area contributed by atoms with Crippen LogP contribution < -0.4 is 15.4 Å². The summed E-state index contributed by atoms with van der Waals surface area (Å²) in [6, 6.07) is 9.67. The molecule has 0 amide bonds. The van der Waals surface area contributed by atoms with Crippen LogP contribution in [-0.4, -0.2) is 22.6 Å². The van der Waals surface area contributed by atoms with Crippen molar-refractivity contribution in [3.05, 3.63) is 48.8 Å². The molecule has 0 radical (unpaired) electrons. The standard InChI is InChI=1S/C17H22N4O/c1-5-10-18-16-11-17(20-13(4)19-16)21-14-8-6-7-9-15(14)22-12(2)3/h5-9,11-12H,1,10H2,2-4H3,(H2,18,19,20,21). The van der Waals surface area contributed by atoms with Crippen molar-refractivity contribution in [2.75, 3.05) is 17.2 Å². The highest BCUT2D eigenvalue weighted by atomic mass is 16.5. The normalized spacial score (nSPS) is 10.4. The van der Waals surface area contributed by atoms with Gasteiger partial charge < -0.3 is 15.4 Å². The molecule has 0 saturated carbocycles. The third kappa shape index (κ3) is 4.48. The van der Waals surface area contributed by atoms with E-state index in [1.807, 2.05) is 51.1 Å². The highest BCUT2D eigenvalue weighted by Crippen LogP contribution is 2.28. The Kier molecular flexibility index (Phi) is 5.36. The predicted molar refractivity (Wildman–Crippen MR) is 90.9 cm³/mol. The Morgan fingerprint density at radius 3 is 2.68 bits per heavy atom. The highest BCUT2D eigenvalue weighted by molar-refractivity contribution is 5.65. The average molecular weight is 298 g/mol. The Hall–Kier alpha value is -2.56. The third-order valence-electron chi connectivity index (χ3n) is 2.78. The number of nitrogens with zero attached hydrogens (tertiary/aromatic N) is 2. The minimum atomic E-state index is 0.111. The molecule has 1 aromatic heterocycles. The first-order valence-electron chi connectivity index (χ1n) is 7.31. The van der Waals surface area contributed by atoms with Crippen LogP contribution in [0.4, 0.5) is 17.3 Å². The van der Waals surface area contributed by atoms with Crippen molar-refractivity contribution in [1.82, 2.24) is 9.97 Å². The summed E-state index contributed by atoms with van der Waals surface area (Å²) in [5.74, 6) is 2.98. The molecule has 2 aromatic rings. The van der Waals surface area contributed by atoms with Crippen LogP contribution in [0.5, 0.6) is 5.75 Å². The van der Waals surface area contributed by atoms with Crippen LogP contribution in [0.2, 0.25) is 0 Å². The lowest BCUT2D eigenvalue weighted by molar-refractivity contribution is 0.244. The third-order valence-corrected chi connectivity index (χ3v) is 2.78. The molecule has 1 aromatic carbocycles. The molecule has 0 atom stereocenters. The molecule has 0 aliphatic carbocycles. The van der Waals surface area contributed by atoms with E-state index in [-0.39, 0.29) is 6.10 Å². The second-order valence-electron chi connectivity index (χ2n) is 5.14.